The van der Waals surface area contributed by atoms with Gasteiger partial charge in [-0.2, -0.15) is 0 Å². The lowest BCUT2D eigenvalue weighted by molar-refractivity contribution is -0.115. The number of amides is 2. The van der Waals surface area contributed by atoms with Crippen LogP contribution in [0.3, 0.4) is 0 Å². The van der Waals surface area contributed by atoms with Crippen molar-refractivity contribution in [1.82, 2.24) is 5.32 Å². The Labute approximate surface area is 163 Å². The molecule has 0 aliphatic heterocycles. The van der Waals surface area contributed by atoms with Crippen LogP contribution in [0.15, 0.2) is 53.4 Å². The van der Waals surface area contributed by atoms with Gasteiger partial charge in [0.2, 0.25) is 5.91 Å². The third kappa shape index (κ3) is 5.78. The van der Waals surface area contributed by atoms with Gasteiger partial charge in [-0.1, -0.05) is 30.7 Å². The molecule has 0 saturated heterocycles. The molecule has 0 radical (unpaired) electrons. The first kappa shape index (κ1) is 20.3. The van der Waals surface area contributed by atoms with Gasteiger partial charge in [-0.25, -0.2) is 0 Å². The van der Waals surface area contributed by atoms with Crippen molar-refractivity contribution in [2.75, 3.05) is 5.32 Å². The zero-order chi connectivity index (χ0) is 19.1. The summed E-state index contributed by atoms with van der Waals surface area (Å²) in [6.45, 7) is 5.79. The van der Waals surface area contributed by atoms with Crippen molar-refractivity contribution in [1.29, 1.82) is 0 Å². The molecule has 138 valence electrons. The summed E-state index contributed by atoms with van der Waals surface area (Å²) in [5.41, 5.74) is 0.978. The van der Waals surface area contributed by atoms with Gasteiger partial charge in [-0.15, -0.1) is 11.8 Å². The highest BCUT2D eigenvalue weighted by molar-refractivity contribution is 8.00. The number of hydrogen-bond acceptors (Lipinski definition) is 3. The van der Waals surface area contributed by atoms with Crippen molar-refractivity contribution < 1.29 is 9.59 Å². The Hall–Kier alpha value is -1.98. The Kier molecular flexibility index (Phi) is 7.54. The molecule has 2 N–H and O–H groups in total. The largest absolute Gasteiger partial charge is 0.350 e. The molecule has 2 aromatic rings. The fraction of sp³-hybridized carbons (Fsp3) is 0.300. The number of thioether (sulfide) groups is 1. The number of rotatable bonds is 7. The number of hydrogen-bond donors (Lipinski definition) is 2. The Morgan fingerprint density at radius 2 is 1.73 bits per heavy atom. The van der Waals surface area contributed by atoms with E-state index in [1.165, 1.54) is 11.8 Å². The van der Waals surface area contributed by atoms with E-state index in [1.54, 1.807) is 36.4 Å². The lowest BCUT2D eigenvalue weighted by Gasteiger charge is -2.16. The first-order valence-corrected chi connectivity index (χ1v) is 9.79. The van der Waals surface area contributed by atoms with E-state index in [0.29, 0.717) is 16.3 Å². The average Bonchev–Trinajstić information content (AvgIpc) is 2.63. The van der Waals surface area contributed by atoms with Crippen LogP contribution in [0.2, 0.25) is 5.02 Å². The van der Waals surface area contributed by atoms with Crippen molar-refractivity contribution in [2.45, 2.75) is 43.4 Å². The van der Waals surface area contributed by atoms with Gasteiger partial charge in [0.15, 0.2) is 0 Å². The molecule has 6 heteroatoms. The molecule has 0 heterocycles. The first-order valence-electron chi connectivity index (χ1n) is 8.53. The van der Waals surface area contributed by atoms with Crippen LogP contribution in [0.5, 0.6) is 0 Å². The zero-order valence-electron chi connectivity index (χ0n) is 15.1. The molecule has 26 heavy (non-hydrogen) atoms. The molecule has 0 fully saturated rings. The maximum atomic E-state index is 12.5. The molecule has 0 aliphatic carbocycles. The van der Waals surface area contributed by atoms with E-state index in [1.807, 2.05) is 32.9 Å². The summed E-state index contributed by atoms with van der Waals surface area (Å²) >= 11 is 7.32. The van der Waals surface area contributed by atoms with Gasteiger partial charge in [-0.05, 0) is 56.7 Å². The van der Waals surface area contributed by atoms with E-state index in [9.17, 15) is 9.59 Å². The van der Waals surface area contributed by atoms with Crippen LogP contribution < -0.4 is 10.6 Å². The van der Waals surface area contributed by atoms with Gasteiger partial charge in [0.1, 0.15) is 0 Å². The van der Waals surface area contributed by atoms with Crippen LogP contribution in [0.4, 0.5) is 5.69 Å². The van der Waals surface area contributed by atoms with E-state index < -0.39 is 0 Å². The summed E-state index contributed by atoms with van der Waals surface area (Å²) < 4.78 is 0. The van der Waals surface area contributed by atoms with Crippen LogP contribution in [-0.2, 0) is 4.79 Å². The minimum atomic E-state index is -0.318. The third-order valence-electron chi connectivity index (χ3n) is 3.92. The summed E-state index contributed by atoms with van der Waals surface area (Å²) in [7, 11) is 0. The number of carbonyl (C=O) groups is 2. The van der Waals surface area contributed by atoms with E-state index in [-0.39, 0.29) is 23.1 Å². The predicted octanol–water partition coefficient (Wildman–Crippen LogP) is 4.99. The molecule has 2 aromatic carbocycles. The topological polar surface area (TPSA) is 58.2 Å². The molecular formula is C20H23ClN2O2S. The Balaban J connectivity index is 2.06. The molecule has 2 atom stereocenters. The highest BCUT2D eigenvalue weighted by Crippen LogP contribution is 2.26. The van der Waals surface area contributed by atoms with E-state index in [0.717, 1.165) is 11.3 Å². The van der Waals surface area contributed by atoms with Crippen LogP contribution in [0, 0.1) is 0 Å². The van der Waals surface area contributed by atoms with Crippen LogP contribution in [0.25, 0.3) is 0 Å². The van der Waals surface area contributed by atoms with Crippen LogP contribution in [0.1, 0.15) is 37.6 Å². The van der Waals surface area contributed by atoms with E-state index in [4.69, 9.17) is 11.6 Å². The average molecular weight is 391 g/mol. The van der Waals surface area contributed by atoms with Crippen LogP contribution in [-0.4, -0.2) is 23.1 Å². The number of nitrogens with one attached hydrogen (secondary N) is 2. The van der Waals surface area contributed by atoms with Gasteiger partial charge < -0.3 is 10.6 Å². The molecule has 2 rings (SSSR count). The Morgan fingerprint density at radius 1 is 1.08 bits per heavy atom. The Morgan fingerprint density at radius 3 is 2.38 bits per heavy atom. The van der Waals surface area contributed by atoms with Gasteiger partial charge in [0.05, 0.1) is 16.5 Å². The molecule has 0 saturated carbocycles. The summed E-state index contributed by atoms with van der Waals surface area (Å²) in [6, 6.07) is 14.5. The fourth-order valence-corrected chi connectivity index (χ4v) is 3.19. The third-order valence-corrected chi connectivity index (χ3v) is 5.28. The number of anilines is 1. The minimum absolute atomic E-state index is 0.0747. The van der Waals surface area contributed by atoms with Gasteiger partial charge >= 0.3 is 0 Å². The summed E-state index contributed by atoms with van der Waals surface area (Å²) in [6.07, 6.45) is 0.842. The molecule has 0 aliphatic rings. The molecule has 2 unspecified atom stereocenters. The van der Waals surface area contributed by atoms with Crippen molar-refractivity contribution in [3.05, 3.63) is 59.1 Å². The second-order valence-corrected chi connectivity index (χ2v) is 7.88. The monoisotopic (exact) mass is 390 g/mol. The fourth-order valence-electron chi connectivity index (χ4n) is 2.20. The Bertz CT molecular complexity index is 765. The first-order chi connectivity index (χ1) is 12.4. The van der Waals surface area contributed by atoms with Crippen molar-refractivity contribution >= 4 is 40.9 Å². The summed E-state index contributed by atoms with van der Waals surface area (Å²) in [5, 5.41) is 6.14. The van der Waals surface area contributed by atoms with E-state index in [2.05, 4.69) is 10.6 Å². The smallest absolute Gasteiger partial charge is 0.253 e. The minimum Gasteiger partial charge on any atom is -0.350 e. The standard InChI is InChI=1S/C20H23ClN2O2S/c1-4-13(2)22-20(25)17-7-5-6-8-18(17)23-19(24)14(3)26-16-11-9-15(21)10-12-16/h5-14H,4H2,1-3H3,(H,22,25)(H,23,24). The molecule has 4 nitrogen and oxygen atoms in total. The van der Waals surface area contributed by atoms with Gasteiger partial charge in [0.25, 0.3) is 5.91 Å². The molecule has 0 aromatic heterocycles. The highest BCUT2D eigenvalue weighted by atomic mass is 35.5. The second kappa shape index (κ2) is 9.64. The van der Waals surface area contributed by atoms with Crippen LogP contribution >= 0.6 is 23.4 Å². The lowest BCUT2D eigenvalue weighted by atomic mass is 10.1. The number of benzene rings is 2. The van der Waals surface area contributed by atoms with Gasteiger partial charge in [-0.3, -0.25) is 9.59 Å². The normalized spacial score (nSPS) is 12.9. The molecular weight excluding hydrogens is 368 g/mol. The maximum absolute atomic E-state index is 12.5. The lowest BCUT2D eigenvalue weighted by Crippen LogP contribution is -2.33. The van der Waals surface area contributed by atoms with Crippen molar-refractivity contribution in [2.24, 2.45) is 0 Å². The number of halogens is 1. The molecule has 0 bridgehead atoms. The van der Waals surface area contributed by atoms with Gasteiger partial charge in [0, 0.05) is 16.0 Å². The zero-order valence-corrected chi connectivity index (χ0v) is 16.7. The SMILES string of the molecule is CCC(C)NC(=O)c1ccccc1NC(=O)C(C)Sc1ccc(Cl)cc1. The number of para-hydroxylation sites is 1. The van der Waals surface area contributed by atoms with E-state index >= 15 is 0 Å². The maximum Gasteiger partial charge on any atom is 0.253 e. The van der Waals surface area contributed by atoms with Crippen molar-refractivity contribution in [3.63, 3.8) is 0 Å². The predicted molar refractivity (Wildman–Crippen MR) is 109 cm³/mol. The highest BCUT2D eigenvalue weighted by Gasteiger charge is 2.18. The van der Waals surface area contributed by atoms with Crippen molar-refractivity contribution in [3.8, 4) is 0 Å². The number of carbonyl (C=O) groups excluding carboxylic acids is 2. The molecule has 2 amide bonds. The summed E-state index contributed by atoms with van der Waals surface area (Å²) in [5.74, 6) is -0.345. The quantitative estimate of drug-likeness (QED) is 0.655. The second-order valence-electron chi connectivity index (χ2n) is 6.03. The molecule has 0 spiro atoms. The summed E-state index contributed by atoms with van der Waals surface area (Å²) in [4.78, 5) is 25.9.